The van der Waals surface area contributed by atoms with Crippen molar-refractivity contribution >= 4 is 11.6 Å². The first-order chi connectivity index (χ1) is 10.1. The third kappa shape index (κ3) is 3.44. The summed E-state index contributed by atoms with van der Waals surface area (Å²) in [4.78, 5) is 14.5. The van der Waals surface area contributed by atoms with Crippen molar-refractivity contribution in [2.24, 2.45) is 11.8 Å². The van der Waals surface area contributed by atoms with Gasteiger partial charge in [0.2, 0.25) is 5.91 Å². The highest BCUT2D eigenvalue weighted by molar-refractivity contribution is 5.92. The molecular weight excluding hydrogens is 262 g/mol. The highest BCUT2D eigenvalue weighted by atomic mass is 16.2. The lowest BCUT2D eigenvalue weighted by molar-refractivity contribution is -0.117. The number of anilines is 1. The van der Waals surface area contributed by atoms with Gasteiger partial charge in [-0.05, 0) is 48.5 Å². The second-order valence-electron chi connectivity index (χ2n) is 6.70. The van der Waals surface area contributed by atoms with Crippen LogP contribution in [0.2, 0.25) is 0 Å². The van der Waals surface area contributed by atoms with Crippen LogP contribution in [0.4, 0.5) is 5.69 Å². The van der Waals surface area contributed by atoms with Gasteiger partial charge in [-0.3, -0.25) is 9.69 Å². The second-order valence-corrected chi connectivity index (χ2v) is 6.70. The van der Waals surface area contributed by atoms with Gasteiger partial charge in [0.15, 0.2) is 0 Å². The maximum atomic E-state index is 12.2. The van der Waals surface area contributed by atoms with Crippen LogP contribution >= 0.6 is 0 Å². The molecule has 0 aromatic heterocycles. The van der Waals surface area contributed by atoms with Crippen molar-refractivity contribution in [2.75, 3.05) is 38.0 Å². The van der Waals surface area contributed by atoms with Crippen molar-refractivity contribution in [2.45, 2.75) is 19.8 Å². The minimum atomic E-state index is 0.101. The Kier molecular flexibility index (Phi) is 4.27. The Morgan fingerprint density at radius 3 is 2.71 bits per heavy atom. The normalized spacial score (nSPS) is 25.3. The van der Waals surface area contributed by atoms with E-state index in [0.29, 0.717) is 12.5 Å². The van der Waals surface area contributed by atoms with Crippen LogP contribution in [0.5, 0.6) is 0 Å². The fourth-order valence-electron chi connectivity index (χ4n) is 3.46. The first kappa shape index (κ1) is 14.5. The summed E-state index contributed by atoms with van der Waals surface area (Å²) in [5.74, 6) is 2.06. The van der Waals surface area contributed by atoms with E-state index in [1.54, 1.807) is 0 Å². The molecule has 21 heavy (non-hydrogen) atoms. The van der Waals surface area contributed by atoms with E-state index in [1.165, 1.54) is 5.56 Å². The molecule has 2 N–H and O–H groups in total. The van der Waals surface area contributed by atoms with Crippen molar-refractivity contribution in [3.63, 3.8) is 0 Å². The van der Waals surface area contributed by atoms with Gasteiger partial charge in [-0.25, -0.2) is 0 Å². The van der Waals surface area contributed by atoms with Crippen molar-refractivity contribution in [3.8, 4) is 0 Å². The van der Waals surface area contributed by atoms with Crippen molar-refractivity contribution in [3.05, 3.63) is 29.8 Å². The number of hydrogen-bond acceptors (Lipinski definition) is 3. The quantitative estimate of drug-likeness (QED) is 0.889. The number of nitrogens with one attached hydrogen (secondary N) is 2. The van der Waals surface area contributed by atoms with E-state index >= 15 is 0 Å². The summed E-state index contributed by atoms with van der Waals surface area (Å²) in [5, 5.41) is 6.46. The van der Waals surface area contributed by atoms with Crippen LogP contribution in [0.25, 0.3) is 0 Å². The second kappa shape index (κ2) is 6.16. The topological polar surface area (TPSA) is 44.4 Å². The van der Waals surface area contributed by atoms with Crippen LogP contribution in [0, 0.1) is 11.8 Å². The summed E-state index contributed by atoms with van der Waals surface area (Å²) in [6, 6.07) is 8.16. The van der Waals surface area contributed by atoms with E-state index in [1.807, 2.05) is 12.1 Å². The molecular formula is C17H25N3O. The monoisotopic (exact) mass is 287 g/mol. The van der Waals surface area contributed by atoms with Crippen molar-refractivity contribution in [1.29, 1.82) is 0 Å². The maximum Gasteiger partial charge on any atom is 0.238 e. The summed E-state index contributed by atoms with van der Waals surface area (Å²) in [6.45, 7) is 9.17. The number of fused-ring (bicyclic) bond motifs is 1. The van der Waals surface area contributed by atoms with Gasteiger partial charge < -0.3 is 10.6 Å². The summed E-state index contributed by atoms with van der Waals surface area (Å²) < 4.78 is 0. The fraction of sp³-hybridized carbons (Fsp3) is 0.588. The molecule has 2 aliphatic rings. The number of hydrogen-bond donors (Lipinski definition) is 2. The van der Waals surface area contributed by atoms with Crippen LogP contribution in [0.3, 0.4) is 0 Å². The van der Waals surface area contributed by atoms with E-state index in [2.05, 4.69) is 41.5 Å². The Morgan fingerprint density at radius 2 is 2.05 bits per heavy atom. The zero-order chi connectivity index (χ0) is 14.8. The van der Waals surface area contributed by atoms with Crippen LogP contribution in [0.1, 0.15) is 25.3 Å². The van der Waals surface area contributed by atoms with E-state index in [9.17, 15) is 4.79 Å². The Hall–Kier alpha value is -1.39. The summed E-state index contributed by atoms with van der Waals surface area (Å²) >= 11 is 0. The highest BCUT2D eigenvalue weighted by Crippen LogP contribution is 2.26. The Balaban J connectivity index is 1.53. The third-order valence-corrected chi connectivity index (χ3v) is 4.67. The predicted octanol–water partition coefficient (Wildman–Crippen LogP) is 1.90. The Bertz CT molecular complexity index is 503. The SMILES string of the molecule is CC(C)c1cccc(NC(=O)CN2CC3CNCC3C2)c1. The van der Waals surface area contributed by atoms with Crippen molar-refractivity contribution in [1.82, 2.24) is 10.2 Å². The lowest BCUT2D eigenvalue weighted by atomic mass is 10.0. The van der Waals surface area contributed by atoms with Gasteiger partial charge >= 0.3 is 0 Å². The van der Waals surface area contributed by atoms with Gasteiger partial charge in [-0.15, -0.1) is 0 Å². The highest BCUT2D eigenvalue weighted by Gasteiger charge is 2.36. The third-order valence-electron chi connectivity index (χ3n) is 4.67. The molecule has 0 aliphatic carbocycles. The minimum absolute atomic E-state index is 0.101. The number of nitrogens with zero attached hydrogens (tertiary/aromatic N) is 1. The molecule has 1 amide bonds. The molecule has 0 saturated carbocycles. The molecule has 2 unspecified atom stereocenters. The van der Waals surface area contributed by atoms with Gasteiger partial charge in [0, 0.05) is 18.8 Å². The zero-order valence-electron chi connectivity index (χ0n) is 12.9. The number of benzene rings is 1. The average molecular weight is 287 g/mol. The number of carbonyl (C=O) groups is 1. The number of likely N-dealkylation sites (tertiary alicyclic amines) is 1. The van der Waals surface area contributed by atoms with Gasteiger partial charge in [-0.2, -0.15) is 0 Å². The molecule has 2 aliphatic heterocycles. The molecule has 2 heterocycles. The molecule has 2 fully saturated rings. The molecule has 1 aromatic carbocycles. The molecule has 2 saturated heterocycles. The minimum Gasteiger partial charge on any atom is -0.325 e. The largest absolute Gasteiger partial charge is 0.325 e. The number of amides is 1. The van der Waals surface area contributed by atoms with Crippen LogP contribution in [-0.4, -0.2) is 43.5 Å². The summed E-state index contributed by atoms with van der Waals surface area (Å²) in [5.41, 5.74) is 2.17. The first-order valence-electron chi connectivity index (χ1n) is 7.94. The molecule has 4 nitrogen and oxygen atoms in total. The molecule has 4 heteroatoms. The van der Waals surface area contributed by atoms with Crippen LogP contribution in [0.15, 0.2) is 24.3 Å². The summed E-state index contributed by atoms with van der Waals surface area (Å²) in [7, 11) is 0. The predicted molar refractivity (Wildman–Crippen MR) is 85.5 cm³/mol. The number of rotatable bonds is 4. The standard InChI is InChI=1S/C17H25N3O/c1-12(2)13-4-3-5-16(6-13)19-17(21)11-20-9-14-7-18-8-15(14)10-20/h3-6,12,14-15,18H,7-11H2,1-2H3,(H,19,21). The smallest absolute Gasteiger partial charge is 0.238 e. The molecule has 2 atom stereocenters. The zero-order valence-corrected chi connectivity index (χ0v) is 12.9. The Labute approximate surface area is 126 Å². The van der Waals surface area contributed by atoms with Crippen molar-refractivity contribution < 1.29 is 4.79 Å². The van der Waals surface area contributed by atoms with Crippen LogP contribution in [-0.2, 0) is 4.79 Å². The first-order valence-corrected chi connectivity index (χ1v) is 7.94. The Morgan fingerprint density at radius 1 is 1.33 bits per heavy atom. The molecule has 114 valence electrons. The number of carbonyl (C=O) groups excluding carboxylic acids is 1. The molecule has 0 bridgehead atoms. The van der Waals surface area contributed by atoms with Gasteiger partial charge in [0.1, 0.15) is 0 Å². The lowest BCUT2D eigenvalue weighted by Crippen LogP contribution is -2.33. The molecule has 0 spiro atoms. The van der Waals surface area contributed by atoms with E-state index in [4.69, 9.17) is 0 Å². The van der Waals surface area contributed by atoms with E-state index < -0.39 is 0 Å². The fourth-order valence-corrected chi connectivity index (χ4v) is 3.46. The summed E-state index contributed by atoms with van der Waals surface area (Å²) in [6.07, 6.45) is 0. The van der Waals surface area contributed by atoms with Gasteiger partial charge in [0.05, 0.1) is 6.54 Å². The van der Waals surface area contributed by atoms with E-state index in [0.717, 1.165) is 43.7 Å². The van der Waals surface area contributed by atoms with Gasteiger partial charge in [0.25, 0.3) is 0 Å². The maximum absolute atomic E-state index is 12.2. The molecule has 1 aromatic rings. The average Bonchev–Trinajstić information content (AvgIpc) is 2.99. The van der Waals surface area contributed by atoms with E-state index in [-0.39, 0.29) is 5.91 Å². The lowest BCUT2D eigenvalue weighted by Gasteiger charge is -2.17. The van der Waals surface area contributed by atoms with Gasteiger partial charge in [-0.1, -0.05) is 26.0 Å². The molecule has 3 rings (SSSR count). The van der Waals surface area contributed by atoms with Crippen LogP contribution < -0.4 is 10.6 Å². The molecule has 0 radical (unpaired) electrons.